The summed E-state index contributed by atoms with van der Waals surface area (Å²) in [4.78, 5) is 0. The summed E-state index contributed by atoms with van der Waals surface area (Å²) >= 11 is 0. The summed E-state index contributed by atoms with van der Waals surface area (Å²) in [6, 6.07) is -3.91. The average molecular weight is 584 g/mol. The number of hydrogen-bond donors (Lipinski definition) is 12. The molecule has 0 radical (unpaired) electrons. The van der Waals surface area contributed by atoms with Gasteiger partial charge in [-0.15, -0.1) is 0 Å². The Labute approximate surface area is 233 Å². The summed E-state index contributed by atoms with van der Waals surface area (Å²) < 4.78 is 23.8. The molecule has 0 aromatic carbocycles. The molecule has 40 heavy (non-hydrogen) atoms. The minimum atomic E-state index is -1.50. The molecular formula is C24H49N5O11. The zero-order valence-corrected chi connectivity index (χ0v) is 22.6. The van der Waals surface area contributed by atoms with Gasteiger partial charge in [0.1, 0.15) is 36.6 Å². The molecule has 2 aliphatic heterocycles. The molecule has 16 nitrogen and oxygen atoms in total. The third-order valence-electron chi connectivity index (χ3n) is 7.81. The SMILES string of the molecule is N[C@@H]1[C@@H](O)[C@@H](O[C@H]2[C@H](NC(CO)CO)C[C@H](N)C(O[C@H]3O[C@H](CNCCCO)CC[C@H]3N)[C@@H]2O)O[C@H](CO)[C@H]1O. The van der Waals surface area contributed by atoms with E-state index in [0.717, 1.165) is 0 Å². The van der Waals surface area contributed by atoms with Gasteiger partial charge in [0.25, 0.3) is 0 Å². The molecule has 0 bridgehead atoms. The molecule has 1 saturated carbocycles. The predicted octanol–water partition coefficient (Wildman–Crippen LogP) is -6.27. The van der Waals surface area contributed by atoms with Gasteiger partial charge in [0, 0.05) is 25.2 Å². The highest BCUT2D eigenvalue weighted by Gasteiger charge is 2.50. The third-order valence-corrected chi connectivity index (χ3v) is 7.81. The molecule has 15 N–H and O–H groups in total. The molecule has 13 atom stereocenters. The van der Waals surface area contributed by atoms with Crippen LogP contribution in [0.1, 0.15) is 25.7 Å². The fourth-order valence-corrected chi connectivity index (χ4v) is 5.39. The quantitative estimate of drug-likeness (QED) is 0.0847. The van der Waals surface area contributed by atoms with Gasteiger partial charge >= 0.3 is 0 Å². The van der Waals surface area contributed by atoms with Crippen LogP contribution in [0, 0.1) is 0 Å². The fourth-order valence-electron chi connectivity index (χ4n) is 5.39. The lowest BCUT2D eigenvalue weighted by molar-refractivity contribution is -0.314. The zero-order valence-electron chi connectivity index (χ0n) is 22.6. The van der Waals surface area contributed by atoms with E-state index < -0.39 is 99.2 Å². The summed E-state index contributed by atoms with van der Waals surface area (Å²) in [5.41, 5.74) is 18.6. The van der Waals surface area contributed by atoms with Crippen LogP contribution in [0.5, 0.6) is 0 Å². The van der Waals surface area contributed by atoms with Crippen LogP contribution in [0.2, 0.25) is 0 Å². The minimum absolute atomic E-state index is 0.0825. The van der Waals surface area contributed by atoms with Crippen molar-refractivity contribution in [3.63, 3.8) is 0 Å². The maximum atomic E-state index is 11.5. The van der Waals surface area contributed by atoms with Crippen molar-refractivity contribution < 1.29 is 54.7 Å². The zero-order chi connectivity index (χ0) is 29.4. The second-order valence-electron chi connectivity index (χ2n) is 10.9. The lowest BCUT2D eigenvalue weighted by atomic mass is 9.83. The van der Waals surface area contributed by atoms with Gasteiger partial charge in [0.2, 0.25) is 0 Å². The average Bonchev–Trinajstić information content (AvgIpc) is 2.95. The van der Waals surface area contributed by atoms with Gasteiger partial charge in [0.15, 0.2) is 12.6 Å². The number of aliphatic hydroxyl groups excluding tert-OH is 7. The van der Waals surface area contributed by atoms with Crippen molar-refractivity contribution in [2.24, 2.45) is 17.2 Å². The molecule has 0 spiro atoms. The molecule has 2 heterocycles. The smallest absolute Gasteiger partial charge is 0.186 e. The second-order valence-corrected chi connectivity index (χ2v) is 10.9. The molecule has 0 aromatic heterocycles. The molecular weight excluding hydrogens is 534 g/mol. The van der Waals surface area contributed by atoms with E-state index in [4.69, 9.17) is 41.3 Å². The number of nitrogens with two attached hydrogens (primary N) is 3. The normalized spacial score (nSPS) is 42.8. The van der Waals surface area contributed by atoms with Crippen LogP contribution in [-0.2, 0) is 18.9 Å². The molecule has 3 fully saturated rings. The lowest BCUT2D eigenvalue weighted by Gasteiger charge is -2.49. The molecule has 1 aliphatic carbocycles. The van der Waals surface area contributed by atoms with Gasteiger partial charge in [0.05, 0.1) is 44.1 Å². The molecule has 236 valence electrons. The van der Waals surface area contributed by atoms with Crippen molar-refractivity contribution >= 4 is 0 Å². The topological polar surface area (TPSA) is 281 Å². The third kappa shape index (κ3) is 8.47. The van der Waals surface area contributed by atoms with E-state index in [1.165, 1.54) is 0 Å². The first-order valence-electron chi connectivity index (χ1n) is 14.0. The van der Waals surface area contributed by atoms with E-state index in [0.29, 0.717) is 32.4 Å². The Balaban J connectivity index is 1.75. The molecule has 16 heteroatoms. The van der Waals surface area contributed by atoms with Crippen LogP contribution in [0.25, 0.3) is 0 Å². The Bertz CT molecular complexity index is 727. The van der Waals surface area contributed by atoms with Crippen molar-refractivity contribution in [3.8, 4) is 0 Å². The van der Waals surface area contributed by atoms with Crippen molar-refractivity contribution in [1.29, 1.82) is 0 Å². The first kappa shape index (κ1) is 33.9. The van der Waals surface area contributed by atoms with E-state index >= 15 is 0 Å². The van der Waals surface area contributed by atoms with Crippen LogP contribution >= 0.6 is 0 Å². The van der Waals surface area contributed by atoms with Crippen molar-refractivity contribution in [2.75, 3.05) is 39.5 Å². The highest BCUT2D eigenvalue weighted by atomic mass is 16.7. The second kappa shape index (κ2) is 16.3. The van der Waals surface area contributed by atoms with Gasteiger partial charge in [-0.25, -0.2) is 0 Å². The van der Waals surface area contributed by atoms with Crippen LogP contribution in [0.4, 0.5) is 0 Å². The van der Waals surface area contributed by atoms with E-state index in [-0.39, 0.29) is 19.1 Å². The molecule has 0 aromatic rings. The van der Waals surface area contributed by atoms with Gasteiger partial charge in [-0.1, -0.05) is 0 Å². The lowest BCUT2D eigenvalue weighted by Crippen LogP contribution is -2.69. The van der Waals surface area contributed by atoms with Crippen LogP contribution in [-0.4, -0.2) is 161 Å². The van der Waals surface area contributed by atoms with E-state index in [9.17, 15) is 30.6 Å². The maximum absolute atomic E-state index is 11.5. The summed E-state index contributed by atoms with van der Waals surface area (Å²) in [5, 5.41) is 76.3. The summed E-state index contributed by atoms with van der Waals surface area (Å²) in [6.07, 6.45) is -7.99. The number of ether oxygens (including phenoxy) is 4. The van der Waals surface area contributed by atoms with Gasteiger partial charge in [-0.3, -0.25) is 0 Å². The predicted molar refractivity (Wildman–Crippen MR) is 139 cm³/mol. The Kier molecular flexibility index (Phi) is 13.8. The van der Waals surface area contributed by atoms with Crippen molar-refractivity contribution in [1.82, 2.24) is 10.6 Å². The summed E-state index contributed by atoms with van der Waals surface area (Å²) in [7, 11) is 0. The number of rotatable bonds is 14. The Morgan fingerprint density at radius 2 is 1.52 bits per heavy atom. The van der Waals surface area contributed by atoms with Crippen molar-refractivity contribution in [2.45, 2.75) is 111 Å². The number of nitrogens with one attached hydrogen (secondary N) is 2. The molecule has 2 saturated heterocycles. The van der Waals surface area contributed by atoms with Crippen molar-refractivity contribution in [3.05, 3.63) is 0 Å². The van der Waals surface area contributed by atoms with Crippen LogP contribution in [0.3, 0.4) is 0 Å². The van der Waals surface area contributed by atoms with E-state index in [1.54, 1.807) is 0 Å². The number of aliphatic hydroxyl groups is 7. The Hall–Kier alpha value is -0.640. The molecule has 3 aliphatic rings. The van der Waals surface area contributed by atoms with Gasteiger partial charge < -0.3 is 82.5 Å². The summed E-state index contributed by atoms with van der Waals surface area (Å²) in [5.74, 6) is 0. The molecule has 1 unspecified atom stereocenters. The summed E-state index contributed by atoms with van der Waals surface area (Å²) in [6.45, 7) is -0.160. The Morgan fingerprint density at radius 1 is 0.825 bits per heavy atom. The monoisotopic (exact) mass is 583 g/mol. The maximum Gasteiger partial charge on any atom is 0.186 e. The number of hydrogen-bond acceptors (Lipinski definition) is 16. The van der Waals surface area contributed by atoms with Gasteiger partial charge in [-0.2, -0.15) is 0 Å². The highest BCUT2D eigenvalue weighted by Crippen LogP contribution is 2.31. The van der Waals surface area contributed by atoms with Crippen LogP contribution in [0.15, 0.2) is 0 Å². The fraction of sp³-hybridized carbons (Fsp3) is 1.00. The van der Waals surface area contributed by atoms with E-state index in [1.807, 2.05) is 0 Å². The molecule has 3 rings (SSSR count). The Morgan fingerprint density at radius 3 is 2.17 bits per heavy atom. The largest absolute Gasteiger partial charge is 0.396 e. The standard InChI is InChI=1S/C24H49N5O11/c25-13-3-2-12(7-28-4-1-5-30)37-23(13)39-21-14(26)6-15(29-11(8-31)9-32)22(20(21)36)40-24-19(35)17(27)18(34)16(10-33)38-24/h11-24,28-36H,1-10,25-27H2/t12-,13+,14-,15+,16+,17-,18+,19+,20-,21?,22-,23+,24+/m0/s1. The van der Waals surface area contributed by atoms with E-state index in [2.05, 4.69) is 10.6 Å². The van der Waals surface area contributed by atoms with Crippen LogP contribution < -0.4 is 27.8 Å². The highest BCUT2D eigenvalue weighted by molar-refractivity contribution is 5.02. The molecule has 0 amide bonds. The first-order valence-corrected chi connectivity index (χ1v) is 14.0. The van der Waals surface area contributed by atoms with Gasteiger partial charge in [-0.05, 0) is 32.2 Å². The minimum Gasteiger partial charge on any atom is -0.396 e. The first-order chi connectivity index (χ1) is 19.1.